The van der Waals surface area contributed by atoms with E-state index in [1.54, 1.807) is 26.0 Å². The number of aliphatic carboxylic acids is 1. The average Bonchev–Trinajstić information content (AvgIpc) is 2.75. The van der Waals surface area contributed by atoms with Crippen LogP contribution < -0.4 is 21.7 Å². The van der Waals surface area contributed by atoms with E-state index in [4.69, 9.17) is 5.73 Å². The van der Waals surface area contributed by atoms with E-state index in [9.17, 15) is 29.4 Å². The number of nitrogens with two attached hydrogens (primary N) is 1. The molecule has 7 N–H and O–H groups in total. The molecular formula is C22H34N4O6S. The number of thioether (sulfide) groups is 1. The first-order valence-electron chi connectivity index (χ1n) is 10.6. The highest BCUT2D eigenvalue weighted by molar-refractivity contribution is 7.98. The monoisotopic (exact) mass is 482 g/mol. The molecule has 184 valence electrons. The number of hydrogen-bond donors (Lipinski definition) is 6. The van der Waals surface area contributed by atoms with Crippen molar-refractivity contribution in [2.75, 3.05) is 12.0 Å². The third-order valence-corrected chi connectivity index (χ3v) is 5.60. The van der Waals surface area contributed by atoms with Gasteiger partial charge in [0.2, 0.25) is 17.7 Å². The van der Waals surface area contributed by atoms with Crippen molar-refractivity contribution in [3.05, 3.63) is 29.8 Å². The van der Waals surface area contributed by atoms with Crippen molar-refractivity contribution in [2.45, 2.75) is 57.8 Å². The number of hydrogen-bond acceptors (Lipinski definition) is 7. The van der Waals surface area contributed by atoms with E-state index in [-0.39, 0.29) is 18.1 Å². The van der Waals surface area contributed by atoms with Gasteiger partial charge in [-0.05, 0) is 55.4 Å². The van der Waals surface area contributed by atoms with E-state index in [1.165, 1.54) is 30.8 Å². The number of carbonyl (C=O) groups is 4. The highest BCUT2D eigenvalue weighted by atomic mass is 32.2. The number of phenolic OH excluding ortho intramolecular Hbond substituents is 1. The Morgan fingerprint density at radius 1 is 0.970 bits per heavy atom. The smallest absolute Gasteiger partial charge is 0.326 e. The third kappa shape index (κ3) is 9.70. The van der Waals surface area contributed by atoms with Gasteiger partial charge in [-0.25, -0.2) is 4.79 Å². The molecule has 0 bridgehead atoms. The molecule has 4 unspecified atom stereocenters. The van der Waals surface area contributed by atoms with Gasteiger partial charge < -0.3 is 31.9 Å². The van der Waals surface area contributed by atoms with Crippen molar-refractivity contribution in [1.29, 1.82) is 0 Å². The van der Waals surface area contributed by atoms with Crippen molar-refractivity contribution in [1.82, 2.24) is 16.0 Å². The van der Waals surface area contributed by atoms with Crippen LogP contribution in [0, 0.1) is 5.92 Å². The molecule has 33 heavy (non-hydrogen) atoms. The SMILES string of the molecule is CSCCC(NC(=O)C(N)Cc1ccc(O)cc1)C(=O)NC(C)C(=O)NC(C(=O)O)C(C)C. The fourth-order valence-corrected chi connectivity index (χ4v) is 3.40. The molecule has 0 heterocycles. The molecule has 0 spiro atoms. The maximum atomic E-state index is 12.8. The molecule has 4 atom stereocenters. The Bertz CT molecular complexity index is 818. The minimum atomic E-state index is -1.16. The lowest BCUT2D eigenvalue weighted by Gasteiger charge is -2.24. The zero-order valence-corrected chi connectivity index (χ0v) is 20.1. The molecule has 1 rings (SSSR count). The molecule has 0 aromatic heterocycles. The highest BCUT2D eigenvalue weighted by Crippen LogP contribution is 2.11. The van der Waals surface area contributed by atoms with Crippen LogP contribution in [0.1, 0.15) is 32.8 Å². The molecule has 10 nitrogen and oxygen atoms in total. The predicted molar refractivity (Wildman–Crippen MR) is 127 cm³/mol. The molecule has 3 amide bonds. The second-order valence-corrected chi connectivity index (χ2v) is 9.10. The van der Waals surface area contributed by atoms with Crippen molar-refractivity contribution in [3.63, 3.8) is 0 Å². The maximum Gasteiger partial charge on any atom is 0.326 e. The van der Waals surface area contributed by atoms with Crippen LogP contribution in [0.25, 0.3) is 0 Å². The lowest BCUT2D eigenvalue weighted by atomic mass is 10.0. The van der Waals surface area contributed by atoms with Gasteiger partial charge in [0.15, 0.2) is 0 Å². The number of aromatic hydroxyl groups is 1. The molecule has 0 aliphatic rings. The number of carboxylic acid groups (broad SMARTS) is 1. The maximum absolute atomic E-state index is 12.8. The molecule has 1 aromatic carbocycles. The van der Waals surface area contributed by atoms with E-state index >= 15 is 0 Å². The quantitative estimate of drug-likeness (QED) is 0.232. The van der Waals surface area contributed by atoms with Gasteiger partial charge in [-0.2, -0.15) is 11.8 Å². The van der Waals surface area contributed by atoms with Crippen LogP contribution in [-0.4, -0.2) is 70.1 Å². The topological polar surface area (TPSA) is 171 Å². The van der Waals surface area contributed by atoms with E-state index in [1.807, 2.05) is 6.26 Å². The van der Waals surface area contributed by atoms with Crippen molar-refractivity contribution in [3.8, 4) is 5.75 Å². The first-order valence-corrected chi connectivity index (χ1v) is 12.0. The Morgan fingerprint density at radius 3 is 2.09 bits per heavy atom. The molecule has 0 saturated carbocycles. The van der Waals surface area contributed by atoms with E-state index in [0.717, 1.165) is 5.56 Å². The molecular weight excluding hydrogens is 448 g/mol. The summed E-state index contributed by atoms with van der Waals surface area (Å²) in [4.78, 5) is 49.0. The van der Waals surface area contributed by atoms with Gasteiger partial charge in [0.25, 0.3) is 0 Å². The summed E-state index contributed by atoms with van der Waals surface area (Å²) >= 11 is 1.50. The fourth-order valence-electron chi connectivity index (χ4n) is 2.93. The van der Waals surface area contributed by atoms with Crippen molar-refractivity contribution < 1.29 is 29.4 Å². The van der Waals surface area contributed by atoms with Crippen molar-refractivity contribution in [2.24, 2.45) is 11.7 Å². The summed E-state index contributed by atoms with van der Waals surface area (Å²) in [5.74, 6) is -2.53. The Balaban J connectivity index is 2.76. The lowest BCUT2D eigenvalue weighted by molar-refractivity contribution is -0.143. The second-order valence-electron chi connectivity index (χ2n) is 8.12. The molecule has 0 aliphatic carbocycles. The van der Waals surface area contributed by atoms with Crippen molar-refractivity contribution >= 4 is 35.5 Å². The Hall–Kier alpha value is -2.79. The van der Waals surface area contributed by atoms with Crippen LogP contribution >= 0.6 is 11.8 Å². The van der Waals surface area contributed by atoms with Crippen LogP contribution in [0.5, 0.6) is 5.75 Å². The fraction of sp³-hybridized carbons (Fsp3) is 0.545. The van der Waals surface area contributed by atoms with Crippen LogP contribution in [0.4, 0.5) is 0 Å². The normalized spacial score (nSPS) is 14.6. The summed E-state index contributed by atoms with van der Waals surface area (Å²) in [7, 11) is 0. The average molecular weight is 483 g/mol. The Kier molecular flexibility index (Phi) is 11.7. The molecule has 0 saturated heterocycles. The summed E-state index contributed by atoms with van der Waals surface area (Å²) in [5.41, 5.74) is 6.75. The molecule has 0 aliphatic heterocycles. The number of carboxylic acids is 1. The zero-order valence-electron chi connectivity index (χ0n) is 19.3. The number of rotatable bonds is 13. The van der Waals surface area contributed by atoms with E-state index in [2.05, 4.69) is 16.0 Å². The minimum Gasteiger partial charge on any atom is -0.508 e. The van der Waals surface area contributed by atoms with Crippen LogP contribution in [-0.2, 0) is 25.6 Å². The summed E-state index contributed by atoms with van der Waals surface area (Å²) < 4.78 is 0. The van der Waals surface area contributed by atoms with Crippen LogP contribution in [0.15, 0.2) is 24.3 Å². The van der Waals surface area contributed by atoms with Gasteiger partial charge in [-0.1, -0.05) is 26.0 Å². The number of amides is 3. The summed E-state index contributed by atoms with van der Waals surface area (Å²) in [5, 5.41) is 26.2. The minimum absolute atomic E-state index is 0.104. The van der Waals surface area contributed by atoms with Gasteiger partial charge in [0.1, 0.15) is 23.9 Å². The molecule has 0 radical (unpaired) electrons. The van der Waals surface area contributed by atoms with Gasteiger partial charge in [-0.15, -0.1) is 0 Å². The molecule has 1 aromatic rings. The third-order valence-electron chi connectivity index (χ3n) is 4.95. The summed E-state index contributed by atoms with van der Waals surface area (Å²) in [6, 6.07) is 2.39. The standard InChI is InChI=1S/C22H34N4O6S/c1-12(2)18(22(31)32)26-19(28)13(3)24-21(30)17(9-10-33-4)25-20(29)16(23)11-14-5-7-15(27)8-6-14/h5-8,12-13,16-18,27H,9-11,23H2,1-4H3,(H,24,30)(H,25,29)(H,26,28)(H,31,32). The van der Waals surface area contributed by atoms with Gasteiger partial charge in [0.05, 0.1) is 6.04 Å². The first kappa shape index (κ1) is 28.2. The highest BCUT2D eigenvalue weighted by Gasteiger charge is 2.29. The first-order chi connectivity index (χ1) is 15.5. The predicted octanol–water partition coefficient (Wildman–Crippen LogP) is 0.230. The van der Waals surface area contributed by atoms with Crippen LogP contribution in [0.3, 0.4) is 0 Å². The molecule has 0 fully saturated rings. The largest absolute Gasteiger partial charge is 0.508 e. The van der Waals surface area contributed by atoms with E-state index in [0.29, 0.717) is 12.2 Å². The number of nitrogens with one attached hydrogen (secondary N) is 3. The molecule has 11 heteroatoms. The summed E-state index contributed by atoms with van der Waals surface area (Å²) in [6.45, 7) is 4.77. The Morgan fingerprint density at radius 2 is 1.58 bits per heavy atom. The number of benzene rings is 1. The van der Waals surface area contributed by atoms with Gasteiger partial charge in [-0.3, -0.25) is 14.4 Å². The van der Waals surface area contributed by atoms with E-state index < -0.39 is 47.9 Å². The zero-order chi connectivity index (χ0) is 25.1. The lowest BCUT2D eigenvalue weighted by Crippen LogP contribution is -2.57. The number of carbonyl (C=O) groups excluding carboxylic acids is 3. The Labute approximate surface area is 198 Å². The number of phenols is 1. The van der Waals surface area contributed by atoms with Crippen LogP contribution in [0.2, 0.25) is 0 Å². The summed E-state index contributed by atoms with van der Waals surface area (Å²) in [6.07, 6.45) is 2.40. The van der Waals surface area contributed by atoms with Gasteiger partial charge in [0, 0.05) is 0 Å². The second kappa shape index (κ2) is 13.7. The van der Waals surface area contributed by atoms with Gasteiger partial charge >= 0.3 is 5.97 Å².